The van der Waals surface area contributed by atoms with Crippen molar-refractivity contribution >= 4 is 0 Å². The summed E-state index contributed by atoms with van der Waals surface area (Å²) in [5.41, 5.74) is 0. The van der Waals surface area contributed by atoms with Crippen LogP contribution < -0.4 is 5.32 Å². The second-order valence-electron chi connectivity index (χ2n) is 3.51. The summed E-state index contributed by atoms with van der Waals surface area (Å²) in [4.78, 5) is 0. The number of nitrogens with one attached hydrogen (secondary N) is 1. The van der Waals surface area contributed by atoms with E-state index >= 15 is 0 Å². The molecule has 0 fully saturated rings. The van der Waals surface area contributed by atoms with E-state index in [-0.39, 0.29) is 12.6 Å². The van der Waals surface area contributed by atoms with E-state index in [1.165, 1.54) is 0 Å². The molecule has 0 aromatic heterocycles. The van der Waals surface area contributed by atoms with Crippen molar-refractivity contribution in [3.05, 3.63) is 0 Å². The largest absolute Gasteiger partial charge is 0.395 e. The van der Waals surface area contributed by atoms with Crippen LogP contribution in [0.2, 0.25) is 0 Å². The number of rotatable bonds is 5. The summed E-state index contributed by atoms with van der Waals surface area (Å²) in [6, 6.07) is 0.763. The summed E-state index contributed by atoms with van der Waals surface area (Å²) in [5, 5.41) is 12.2. The fraction of sp³-hybridized carbons (Fsp3) is 1.00. The van der Waals surface area contributed by atoms with E-state index in [9.17, 15) is 0 Å². The summed E-state index contributed by atoms with van der Waals surface area (Å²) in [5.74, 6) is 0.647. The fourth-order valence-corrected chi connectivity index (χ4v) is 1.20. The molecule has 2 N–H and O–H groups in total. The average molecular weight is 159 g/mol. The number of hydrogen-bond acceptors (Lipinski definition) is 2. The molecular formula is C9H21NO. The third-order valence-electron chi connectivity index (χ3n) is 2.02. The summed E-state index contributed by atoms with van der Waals surface area (Å²) in [6.45, 7) is 8.80. The predicted molar refractivity (Wildman–Crippen MR) is 48.6 cm³/mol. The maximum atomic E-state index is 8.80. The molecule has 68 valence electrons. The molecule has 2 atom stereocenters. The van der Waals surface area contributed by atoms with Gasteiger partial charge in [-0.05, 0) is 19.3 Å². The SMILES string of the molecule is CCC(N[C@H](C)CO)C(C)C. The molecule has 0 aromatic rings. The molecule has 0 aliphatic rings. The fourth-order valence-electron chi connectivity index (χ4n) is 1.20. The average Bonchev–Trinajstić information content (AvgIpc) is 1.99. The second kappa shape index (κ2) is 5.56. The highest BCUT2D eigenvalue weighted by atomic mass is 16.3. The molecule has 1 unspecified atom stereocenters. The van der Waals surface area contributed by atoms with Gasteiger partial charge in [0.1, 0.15) is 0 Å². The van der Waals surface area contributed by atoms with E-state index in [4.69, 9.17) is 5.11 Å². The van der Waals surface area contributed by atoms with Crippen LogP contribution in [0.5, 0.6) is 0 Å². The monoisotopic (exact) mass is 159 g/mol. The summed E-state index contributed by atoms with van der Waals surface area (Å²) in [7, 11) is 0. The summed E-state index contributed by atoms with van der Waals surface area (Å²) < 4.78 is 0. The van der Waals surface area contributed by atoms with Gasteiger partial charge in [-0.2, -0.15) is 0 Å². The van der Waals surface area contributed by atoms with Gasteiger partial charge in [0, 0.05) is 12.1 Å². The van der Waals surface area contributed by atoms with Gasteiger partial charge in [0.25, 0.3) is 0 Å². The number of aliphatic hydroxyl groups excluding tert-OH is 1. The molecular weight excluding hydrogens is 138 g/mol. The van der Waals surface area contributed by atoms with Crippen molar-refractivity contribution < 1.29 is 5.11 Å². The Morgan fingerprint density at radius 1 is 1.27 bits per heavy atom. The van der Waals surface area contributed by atoms with Crippen LogP contribution in [0.3, 0.4) is 0 Å². The zero-order chi connectivity index (χ0) is 8.85. The van der Waals surface area contributed by atoms with E-state index in [1.54, 1.807) is 0 Å². The van der Waals surface area contributed by atoms with Gasteiger partial charge in [0.2, 0.25) is 0 Å². The van der Waals surface area contributed by atoms with Gasteiger partial charge in [-0.25, -0.2) is 0 Å². The van der Waals surface area contributed by atoms with Gasteiger partial charge in [-0.3, -0.25) is 0 Å². The molecule has 0 rings (SSSR count). The minimum Gasteiger partial charge on any atom is -0.395 e. The molecule has 0 heterocycles. The van der Waals surface area contributed by atoms with E-state index < -0.39 is 0 Å². The molecule has 0 bridgehead atoms. The lowest BCUT2D eigenvalue weighted by Gasteiger charge is -2.24. The summed E-state index contributed by atoms with van der Waals surface area (Å²) in [6.07, 6.45) is 1.13. The smallest absolute Gasteiger partial charge is 0.0582 e. The zero-order valence-electron chi connectivity index (χ0n) is 8.09. The highest BCUT2D eigenvalue weighted by Gasteiger charge is 2.12. The number of hydrogen-bond donors (Lipinski definition) is 2. The maximum Gasteiger partial charge on any atom is 0.0582 e. The van der Waals surface area contributed by atoms with Gasteiger partial charge < -0.3 is 10.4 Å². The maximum absolute atomic E-state index is 8.80. The first kappa shape index (κ1) is 10.9. The minimum atomic E-state index is 0.224. The van der Waals surface area contributed by atoms with Crippen molar-refractivity contribution in [2.45, 2.75) is 46.2 Å². The molecule has 11 heavy (non-hydrogen) atoms. The second-order valence-corrected chi connectivity index (χ2v) is 3.51. The topological polar surface area (TPSA) is 32.3 Å². The van der Waals surface area contributed by atoms with E-state index in [0.29, 0.717) is 12.0 Å². The van der Waals surface area contributed by atoms with Crippen molar-refractivity contribution in [1.82, 2.24) is 5.32 Å². The first-order valence-electron chi connectivity index (χ1n) is 4.48. The Hall–Kier alpha value is -0.0800. The van der Waals surface area contributed by atoms with Crippen LogP contribution in [0.1, 0.15) is 34.1 Å². The van der Waals surface area contributed by atoms with Crippen LogP contribution in [0, 0.1) is 5.92 Å². The minimum absolute atomic E-state index is 0.224. The molecule has 0 saturated carbocycles. The lowest BCUT2D eigenvalue weighted by atomic mass is 10.0. The summed E-state index contributed by atoms with van der Waals surface area (Å²) >= 11 is 0. The van der Waals surface area contributed by atoms with Crippen LogP contribution in [0.25, 0.3) is 0 Å². The quantitative estimate of drug-likeness (QED) is 0.635. The van der Waals surface area contributed by atoms with Crippen LogP contribution in [0.4, 0.5) is 0 Å². The molecule has 0 radical (unpaired) electrons. The lowest BCUT2D eigenvalue weighted by molar-refractivity contribution is 0.227. The predicted octanol–water partition coefficient (Wildman–Crippen LogP) is 1.39. The Balaban J connectivity index is 3.68. The van der Waals surface area contributed by atoms with Crippen molar-refractivity contribution in [2.24, 2.45) is 5.92 Å². The van der Waals surface area contributed by atoms with E-state index in [1.807, 2.05) is 6.92 Å². The van der Waals surface area contributed by atoms with Crippen molar-refractivity contribution in [3.8, 4) is 0 Å². The van der Waals surface area contributed by atoms with Gasteiger partial charge >= 0.3 is 0 Å². The van der Waals surface area contributed by atoms with Crippen LogP contribution in [-0.4, -0.2) is 23.8 Å². The van der Waals surface area contributed by atoms with Crippen LogP contribution in [-0.2, 0) is 0 Å². The molecule has 2 nitrogen and oxygen atoms in total. The Kier molecular flexibility index (Phi) is 5.51. The van der Waals surface area contributed by atoms with Crippen LogP contribution in [0.15, 0.2) is 0 Å². The van der Waals surface area contributed by atoms with Gasteiger partial charge in [0.05, 0.1) is 6.61 Å². The standard InChI is InChI=1S/C9H21NO/c1-5-9(7(2)3)10-8(4)6-11/h7-11H,5-6H2,1-4H3/t8-,9?/m1/s1. The normalized spacial score (nSPS) is 16.9. The molecule has 0 amide bonds. The zero-order valence-corrected chi connectivity index (χ0v) is 8.09. The van der Waals surface area contributed by atoms with Gasteiger partial charge in [0.15, 0.2) is 0 Å². The highest BCUT2D eigenvalue weighted by Crippen LogP contribution is 2.05. The molecule has 0 aromatic carbocycles. The molecule has 0 aliphatic heterocycles. The molecule has 0 aliphatic carbocycles. The molecule has 0 spiro atoms. The third kappa shape index (κ3) is 4.38. The van der Waals surface area contributed by atoms with Crippen LogP contribution >= 0.6 is 0 Å². The van der Waals surface area contributed by atoms with E-state index in [0.717, 1.165) is 6.42 Å². The third-order valence-corrected chi connectivity index (χ3v) is 2.02. The number of aliphatic hydroxyl groups is 1. The Morgan fingerprint density at radius 2 is 1.82 bits per heavy atom. The highest BCUT2D eigenvalue weighted by molar-refractivity contribution is 4.72. The Morgan fingerprint density at radius 3 is 2.09 bits per heavy atom. The van der Waals surface area contributed by atoms with Gasteiger partial charge in [-0.15, -0.1) is 0 Å². The first-order valence-corrected chi connectivity index (χ1v) is 4.48. The molecule has 0 saturated heterocycles. The van der Waals surface area contributed by atoms with Crippen molar-refractivity contribution in [3.63, 3.8) is 0 Å². The van der Waals surface area contributed by atoms with Crippen molar-refractivity contribution in [1.29, 1.82) is 0 Å². The van der Waals surface area contributed by atoms with Crippen molar-refractivity contribution in [2.75, 3.05) is 6.61 Å². The van der Waals surface area contributed by atoms with Gasteiger partial charge in [-0.1, -0.05) is 20.8 Å². The van der Waals surface area contributed by atoms with E-state index in [2.05, 4.69) is 26.1 Å². The lowest BCUT2D eigenvalue weighted by Crippen LogP contribution is -2.41. The first-order chi connectivity index (χ1) is 5.11. The Bertz CT molecular complexity index is 93.6. The molecule has 2 heteroatoms. The Labute approximate surface area is 70.0 Å².